The fourth-order valence-corrected chi connectivity index (χ4v) is 3.67. The molecule has 0 unspecified atom stereocenters. The second-order valence-electron chi connectivity index (χ2n) is 4.70. The molecule has 0 amide bonds. The number of sulfonamides is 1. The minimum Gasteiger partial charge on any atom is -0.356 e. The number of hydrogen-bond acceptors (Lipinski definition) is 5. The van der Waals surface area contributed by atoms with Crippen LogP contribution in [0.1, 0.15) is 12.8 Å². The second-order valence-corrected chi connectivity index (χ2v) is 7.54. The molecule has 1 aliphatic heterocycles. The van der Waals surface area contributed by atoms with Crippen LogP contribution >= 0.6 is 15.9 Å². The highest BCUT2D eigenvalue weighted by molar-refractivity contribution is 9.10. The van der Waals surface area contributed by atoms with Crippen LogP contribution in [0.2, 0.25) is 0 Å². The first kappa shape index (κ1) is 14.7. The molecule has 2 rings (SSSR count). The van der Waals surface area contributed by atoms with Crippen molar-refractivity contribution in [3.8, 4) is 0 Å². The van der Waals surface area contributed by atoms with Crippen molar-refractivity contribution in [2.45, 2.75) is 18.9 Å². The first-order valence-corrected chi connectivity index (χ1v) is 8.67. The van der Waals surface area contributed by atoms with E-state index >= 15 is 0 Å². The number of halogens is 1. The molecule has 19 heavy (non-hydrogen) atoms. The summed E-state index contributed by atoms with van der Waals surface area (Å²) in [6.07, 6.45) is 6.10. The molecule has 0 N–H and O–H groups in total. The van der Waals surface area contributed by atoms with Gasteiger partial charge in [0.25, 0.3) is 0 Å². The minimum atomic E-state index is -3.07. The maximum atomic E-state index is 11.5. The van der Waals surface area contributed by atoms with Gasteiger partial charge in [-0.05, 0) is 28.8 Å². The van der Waals surface area contributed by atoms with Crippen molar-refractivity contribution in [2.75, 3.05) is 31.3 Å². The van der Waals surface area contributed by atoms with Gasteiger partial charge in [-0.2, -0.15) is 0 Å². The molecule has 6 nitrogen and oxygen atoms in total. The summed E-state index contributed by atoms with van der Waals surface area (Å²) < 4.78 is 25.3. The third-order valence-corrected chi connectivity index (χ3v) is 5.29. The van der Waals surface area contributed by atoms with Crippen LogP contribution in [0.4, 0.5) is 5.82 Å². The standard InChI is InChI=1S/C11H17BrN4O2S/c1-15(11-10(12)7-13-8-14-11)9-3-5-16(6-4-9)19(2,17)18/h7-9H,3-6H2,1-2H3. The molecule has 0 saturated carbocycles. The predicted molar refractivity (Wildman–Crippen MR) is 77.6 cm³/mol. The van der Waals surface area contributed by atoms with Crippen LogP contribution in [0.5, 0.6) is 0 Å². The van der Waals surface area contributed by atoms with Gasteiger partial charge in [0, 0.05) is 32.4 Å². The lowest BCUT2D eigenvalue weighted by atomic mass is 10.1. The Morgan fingerprint density at radius 1 is 1.42 bits per heavy atom. The number of rotatable bonds is 3. The van der Waals surface area contributed by atoms with Crippen molar-refractivity contribution in [1.29, 1.82) is 0 Å². The van der Waals surface area contributed by atoms with E-state index in [1.54, 1.807) is 6.20 Å². The van der Waals surface area contributed by atoms with Gasteiger partial charge >= 0.3 is 0 Å². The van der Waals surface area contributed by atoms with Gasteiger partial charge in [-0.3, -0.25) is 0 Å². The van der Waals surface area contributed by atoms with Crippen molar-refractivity contribution >= 4 is 31.8 Å². The summed E-state index contributed by atoms with van der Waals surface area (Å²) in [6, 6.07) is 0.296. The van der Waals surface area contributed by atoms with E-state index in [1.165, 1.54) is 16.9 Å². The minimum absolute atomic E-state index is 0.296. The number of aromatic nitrogens is 2. The Morgan fingerprint density at radius 3 is 2.58 bits per heavy atom. The Hall–Kier alpha value is -0.730. The van der Waals surface area contributed by atoms with E-state index in [0.29, 0.717) is 19.1 Å². The topological polar surface area (TPSA) is 66.4 Å². The molecular weight excluding hydrogens is 332 g/mol. The van der Waals surface area contributed by atoms with Crippen molar-refractivity contribution in [2.24, 2.45) is 0 Å². The second kappa shape index (κ2) is 5.72. The van der Waals surface area contributed by atoms with Crippen LogP contribution in [0.15, 0.2) is 17.0 Å². The monoisotopic (exact) mass is 348 g/mol. The zero-order valence-electron chi connectivity index (χ0n) is 11.0. The van der Waals surface area contributed by atoms with Crippen molar-refractivity contribution in [3.05, 3.63) is 17.0 Å². The molecule has 0 aliphatic carbocycles. The van der Waals surface area contributed by atoms with Gasteiger partial charge in [0.2, 0.25) is 10.0 Å². The lowest BCUT2D eigenvalue weighted by Crippen LogP contribution is -2.45. The summed E-state index contributed by atoms with van der Waals surface area (Å²) >= 11 is 3.43. The summed E-state index contributed by atoms with van der Waals surface area (Å²) in [7, 11) is -1.09. The molecule has 0 aromatic carbocycles. The summed E-state index contributed by atoms with van der Waals surface area (Å²) in [5, 5.41) is 0. The van der Waals surface area contributed by atoms with Crippen LogP contribution < -0.4 is 4.90 Å². The normalized spacial score (nSPS) is 18.5. The van der Waals surface area contributed by atoms with Crippen LogP contribution in [-0.4, -0.2) is 55.1 Å². The van der Waals surface area contributed by atoms with Crippen LogP contribution in [-0.2, 0) is 10.0 Å². The Bertz CT molecular complexity index is 543. The molecule has 1 fully saturated rings. The van der Waals surface area contributed by atoms with Gasteiger partial charge in [-0.1, -0.05) is 0 Å². The van der Waals surface area contributed by atoms with E-state index in [-0.39, 0.29) is 0 Å². The van der Waals surface area contributed by atoms with Crippen molar-refractivity contribution < 1.29 is 8.42 Å². The number of piperidine rings is 1. The molecule has 8 heteroatoms. The van der Waals surface area contributed by atoms with E-state index in [1.807, 2.05) is 7.05 Å². The van der Waals surface area contributed by atoms with E-state index in [4.69, 9.17) is 0 Å². The molecular formula is C11H17BrN4O2S. The molecule has 106 valence electrons. The van der Waals surface area contributed by atoms with Crippen LogP contribution in [0, 0.1) is 0 Å². The van der Waals surface area contributed by atoms with Gasteiger partial charge in [-0.25, -0.2) is 22.7 Å². The quantitative estimate of drug-likeness (QED) is 0.818. The lowest BCUT2D eigenvalue weighted by Gasteiger charge is -2.36. The zero-order valence-corrected chi connectivity index (χ0v) is 13.4. The molecule has 1 saturated heterocycles. The zero-order chi connectivity index (χ0) is 14.0. The average molecular weight is 349 g/mol. The molecule has 0 bridgehead atoms. The Labute approximate surface area is 122 Å². The lowest BCUT2D eigenvalue weighted by molar-refractivity contribution is 0.316. The highest BCUT2D eigenvalue weighted by atomic mass is 79.9. The molecule has 1 aromatic rings. The van der Waals surface area contributed by atoms with E-state index in [0.717, 1.165) is 23.1 Å². The smallest absolute Gasteiger partial charge is 0.211 e. The van der Waals surface area contributed by atoms with Gasteiger partial charge in [0.05, 0.1) is 10.7 Å². The van der Waals surface area contributed by atoms with Crippen LogP contribution in [0.3, 0.4) is 0 Å². The largest absolute Gasteiger partial charge is 0.356 e. The third kappa shape index (κ3) is 3.43. The Morgan fingerprint density at radius 2 is 2.05 bits per heavy atom. The molecule has 0 radical (unpaired) electrons. The third-order valence-electron chi connectivity index (χ3n) is 3.42. The Balaban J connectivity index is 2.04. The molecule has 1 aromatic heterocycles. The molecule has 0 spiro atoms. The fourth-order valence-electron chi connectivity index (χ4n) is 2.30. The maximum absolute atomic E-state index is 11.5. The van der Waals surface area contributed by atoms with Crippen molar-refractivity contribution in [3.63, 3.8) is 0 Å². The summed E-state index contributed by atoms with van der Waals surface area (Å²) in [5.41, 5.74) is 0. The van der Waals surface area contributed by atoms with Gasteiger partial charge < -0.3 is 4.90 Å². The average Bonchev–Trinajstić information content (AvgIpc) is 2.38. The number of hydrogen-bond donors (Lipinski definition) is 0. The molecule has 2 heterocycles. The van der Waals surface area contributed by atoms with Gasteiger partial charge in [-0.15, -0.1) is 0 Å². The summed E-state index contributed by atoms with van der Waals surface area (Å²) in [5.74, 6) is 0.841. The fraction of sp³-hybridized carbons (Fsp3) is 0.636. The summed E-state index contributed by atoms with van der Waals surface area (Å²) in [6.45, 7) is 1.13. The SMILES string of the molecule is CN(c1ncncc1Br)C1CCN(S(C)(=O)=O)CC1. The highest BCUT2D eigenvalue weighted by Crippen LogP contribution is 2.26. The molecule has 1 aliphatic rings. The first-order valence-electron chi connectivity index (χ1n) is 6.03. The first-order chi connectivity index (χ1) is 8.89. The van der Waals surface area contributed by atoms with Gasteiger partial charge in [0.15, 0.2) is 0 Å². The number of nitrogens with zero attached hydrogens (tertiary/aromatic N) is 4. The predicted octanol–water partition coefficient (Wildman–Crippen LogP) is 1.10. The number of anilines is 1. The van der Waals surface area contributed by atoms with Crippen LogP contribution in [0.25, 0.3) is 0 Å². The van der Waals surface area contributed by atoms with Crippen molar-refractivity contribution in [1.82, 2.24) is 14.3 Å². The maximum Gasteiger partial charge on any atom is 0.211 e. The van der Waals surface area contributed by atoms with E-state index < -0.39 is 10.0 Å². The van der Waals surface area contributed by atoms with Gasteiger partial charge in [0.1, 0.15) is 12.1 Å². The highest BCUT2D eigenvalue weighted by Gasteiger charge is 2.28. The molecule has 0 atom stereocenters. The van der Waals surface area contributed by atoms with E-state index in [9.17, 15) is 8.42 Å². The Kier molecular flexibility index (Phi) is 4.42. The van der Waals surface area contributed by atoms with E-state index in [2.05, 4.69) is 30.8 Å². The summed E-state index contributed by atoms with van der Waals surface area (Å²) in [4.78, 5) is 10.3.